The minimum atomic E-state index is -4.94. The summed E-state index contributed by atoms with van der Waals surface area (Å²) in [6, 6.07) is 0. The van der Waals surface area contributed by atoms with Gasteiger partial charge in [-0.05, 0) is 114 Å². The summed E-state index contributed by atoms with van der Waals surface area (Å²) < 4.78 is 153. The van der Waals surface area contributed by atoms with Crippen molar-refractivity contribution in [1.82, 2.24) is 77.2 Å². The number of aliphatic hydroxyl groups is 1. The molecule has 9 aliphatic rings. The average Bonchev–Trinajstić information content (AvgIpc) is 1.55. The second-order valence-electron chi connectivity index (χ2n) is 34.3. The largest absolute Gasteiger partial charge is 0.393 e. The molecule has 0 aromatic carbocycles. The number of rotatable bonds is 40. The van der Waals surface area contributed by atoms with Crippen LogP contribution in [0.2, 0.25) is 0 Å². The Hall–Kier alpha value is -6.03. The van der Waals surface area contributed by atoms with Crippen LogP contribution in [0, 0.1) is 27.7 Å². The molecule has 17 heterocycles. The fourth-order valence-electron chi connectivity index (χ4n) is 18.1. The first-order chi connectivity index (χ1) is 65.4. The molecule has 8 aromatic rings. The number of hydrogen-bond donors (Lipinski definition) is 14. The van der Waals surface area contributed by atoms with Crippen LogP contribution in [0.3, 0.4) is 0 Å². The molecule has 8 aromatic heterocycles. The maximum Gasteiger partial charge on any atom is 0.386 e. The van der Waals surface area contributed by atoms with Gasteiger partial charge < -0.3 is 115 Å². The molecule has 762 valence electrons. The highest BCUT2D eigenvalue weighted by molar-refractivity contribution is 8.44. The molecular weight excluding hydrogens is 2090 g/mol. The lowest BCUT2D eigenvalue weighted by Gasteiger charge is -2.38. The number of aliphatic hydroxyl groups excluding tert-OH is 1. The quantitative estimate of drug-likeness (QED) is 0.0143. The van der Waals surface area contributed by atoms with Gasteiger partial charge in [-0.2, -0.15) is 4.98 Å². The maximum atomic E-state index is 14.7. The Bertz CT molecular complexity index is 6990. The molecule has 0 spiro atoms. The highest BCUT2D eigenvalue weighted by Gasteiger charge is 2.73. The Morgan fingerprint density at radius 3 is 1.28 bits per heavy atom. The molecule has 55 nitrogen and oxygen atoms in total. The molecule has 0 aliphatic carbocycles. The number of thiol groups is 1. The minimum absolute atomic E-state index is 0.00343. The van der Waals surface area contributed by atoms with Gasteiger partial charge in [-0.25, -0.2) is 43.7 Å². The first-order valence-electron chi connectivity index (χ1n) is 42.9. The highest BCUT2D eigenvalue weighted by Crippen LogP contribution is 2.65. The molecule has 0 radical (unpaired) electrons. The van der Waals surface area contributed by atoms with Gasteiger partial charge in [-0.3, -0.25) is 98.9 Å². The number of hydrogen-bond acceptors (Lipinski definition) is 44. The van der Waals surface area contributed by atoms with Crippen molar-refractivity contribution in [1.29, 1.82) is 0 Å². The molecule has 6 bridgehead atoms. The zero-order valence-electron chi connectivity index (χ0n) is 74.2. The summed E-state index contributed by atoms with van der Waals surface area (Å²) in [7, 11) is 0. The number of nitrogens with one attached hydrogen (secondary N) is 5. The standard InChI is InChI=1S/C72H96N18O37P6S6/c1-9-10-11-12-13-107-128(101,134)122-37-14-43(85-17-30(2)57(92)81-66(85)97)116-40(37)21-108-129(102,135)123-38-15-44(86-18-31(3)58(93)82-67(86)98)117-41(38)22-109-130(103,136)124-39-16-45(87-19-32(4)59(94)83-68(87)99)118-42(39)23-110-131(104,137)126-52-49-62(88-20-33(5)60(95)84-69(88)100)120-71(52,35(7)114-49)25-112-133(106,139)127-53-50-63(89-28-77-46-54(73)75-27-76-55(46)89)121-72(53,36(8)115-50)26-111-132(105,138)125-51-48-64(119-70(51,24-91)34(6)113-48)90-29-78-47-56(90)79-65(74)80-61(47)96/h17-20,27-29,34-45,48-53,62-64,91H,9-16,21-26H2,1-8H3,(H,101,134)(H,102,135)(H,103,136)(H,104,137)(H,105,138)(H,106,139)(H2,73,75,76)(H,81,92,97)(H,82,93,98)(H,83,94,99)(H,84,95,100)(H3,74,79,80,96)/t34-,35-,36-,37?,38?,39?,40+,41+,42+,43+,44+,45+,48?,49?,50?,51?,52?,53?,62+,63+,64+,70-,71-,72-,128?,129?,130?,131?,132?,133?/m0/s1. The lowest BCUT2D eigenvalue weighted by atomic mass is 9.94. The molecule has 139 heavy (non-hydrogen) atoms. The van der Waals surface area contributed by atoms with Gasteiger partial charge in [0.25, 0.3) is 27.8 Å². The van der Waals surface area contributed by atoms with Gasteiger partial charge >= 0.3 is 63.1 Å². The normalized spacial score (nSPS) is 33.4. The third-order valence-electron chi connectivity index (χ3n) is 25.2. The van der Waals surface area contributed by atoms with Gasteiger partial charge in [0.2, 0.25) is 5.95 Å². The van der Waals surface area contributed by atoms with E-state index in [4.69, 9.17) is 167 Å². The third kappa shape index (κ3) is 21.0. The molecular formula is C72H96N18O37P6S6. The maximum absolute atomic E-state index is 14.7. The van der Waals surface area contributed by atoms with Crippen LogP contribution in [0.5, 0.6) is 0 Å². The van der Waals surface area contributed by atoms with Crippen molar-refractivity contribution in [2.45, 2.75) is 246 Å². The SMILES string of the molecule is CCCCCCOP(O)(=S)OC1C[C@H](n2cc(C)c(=O)[nH]c2=O)O[C@@H]1COP(=O)(S)OC1C[C@H](n2cc(C)c(=O)[nH]c2=O)O[C@@H]1COP(O)(=S)OC1C[C@H](n2cc(C)c(=O)[nH]c2=O)O[C@@H]1COP(O)(=S)OC1C2O[C@@H](C)[C@]1(COP(O)(=S)OC1C3O[C@@H](C)[C@]1(COP(O)(=S)OC1C4O[C@@H](C)[C@]1(CO)O[C@H]4n1cnc4c(=O)[nH]c(N)nc41)O[C@H]3n1cnc3c(N)ncnc31)O[C@H]2n1cc(C)c(=O)[nH]c1=O. The monoisotopic (exact) mass is 2180 g/mol. The van der Waals surface area contributed by atoms with E-state index in [2.05, 4.69) is 62.1 Å². The minimum Gasteiger partial charge on any atom is -0.393 e. The van der Waals surface area contributed by atoms with Gasteiger partial charge in [0.05, 0.1) is 89.4 Å². The van der Waals surface area contributed by atoms with Gasteiger partial charge in [-0.1, -0.05) is 38.4 Å². The average molecular weight is 2180 g/mol. The van der Waals surface area contributed by atoms with Crippen LogP contribution in [0.15, 0.2) is 86.9 Å². The number of unbranched alkanes of at least 4 members (excludes halogenated alkanes) is 3. The molecule has 67 heteroatoms. The lowest BCUT2D eigenvalue weighted by molar-refractivity contribution is -0.218. The van der Waals surface area contributed by atoms with Gasteiger partial charge in [0.1, 0.15) is 108 Å². The number of aryl methyl sites for hydroxylation is 4. The number of fused-ring (bicyclic) bond motifs is 8. The Labute approximate surface area is 812 Å². The van der Waals surface area contributed by atoms with Crippen LogP contribution in [-0.4, -0.2) is 261 Å². The van der Waals surface area contributed by atoms with E-state index < -0.39 is 289 Å². The summed E-state index contributed by atoms with van der Waals surface area (Å²) in [6.45, 7) is -20.9. The number of aromatic amines is 5. The summed E-state index contributed by atoms with van der Waals surface area (Å²) in [6.07, 6.45) is -18.7. The molecule has 30 atom stereocenters. The van der Waals surface area contributed by atoms with E-state index in [9.17, 15) is 77.3 Å². The number of nitrogen functional groups attached to an aromatic ring is 2. The predicted octanol–water partition coefficient (Wildman–Crippen LogP) is 0.691. The summed E-state index contributed by atoms with van der Waals surface area (Å²) in [4.78, 5) is 211. The number of imidazole rings is 2. The van der Waals surface area contributed by atoms with Gasteiger partial charge in [0, 0.05) is 66.3 Å². The number of anilines is 2. The Morgan fingerprint density at radius 1 is 0.453 bits per heavy atom. The second kappa shape index (κ2) is 40.0. The van der Waals surface area contributed by atoms with Crippen LogP contribution in [-0.2, 0) is 161 Å². The molecule has 0 amide bonds. The molecule has 9 saturated heterocycles. The number of nitrogens with two attached hydrogens (primary N) is 2. The summed E-state index contributed by atoms with van der Waals surface area (Å²) in [5.74, 6) is -0.284. The third-order valence-corrected chi connectivity index (χ3v) is 34.7. The predicted molar refractivity (Wildman–Crippen MR) is 499 cm³/mol. The van der Waals surface area contributed by atoms with E-state index in [-0.39, 0.29) is 69.4 Å². The molecule has 15 N–H and O–H groups in total. The number of aromatic nitrogens is 16. The summed E-state index contributed by atoms with van der Waals surface area (Å²) >= 11 is 32.8. The zero-order chi connectivity index (χ0) is 99.8. The smallest absolute Gasteiger partial charge is 0.386 e. The topological polar surface area (TPSA) is 711 Å². The number of H-pyrrole nitrogens is 5. The van der Waals surface area contributed by atoms with Crippen molar-refractivity contribution in [3.63, 3.8) is 0 Å². The Kier molecular flexibility index (Phi) is 30.0. The molecule has 0 saturated carbocycles. The van der Waals surface area contributed by atoms with Crippen molar-refractivity contribution in [3.8, 4) is 0 Å². The first-order valence-corrected chi connectivity index (χ1v) is 58.5. The molecule has 17 rings (SSSR count). The second-order valence-corrected chi connectivity index (χ2v) is 51.1. The number of nitrogens with zero attached hydrogens (tertiary/aromatic N) is 11. The lowest BCUT2D eigenvalue weighted by Crippen LogP contribution is -2.52. The number of ether oxygens (including phenoxy) is 9. The van der Waals surface area contributed by atoms with Crippen molar-refractivity contribution in [2.24, 2.45) is 0 Å². The van der Waals surface area contributed by atoms with E-state index in [0.717, 1.165) is 56.3 Å². The van der Waals surface area contributed by atoms with Crippen molar-refractivity contribution >= 4 is 146 Å². The fourth-order valence-corrected chi connectivity index (χ4v) is 27.0. The molecule has 15 unspecified atom stereocenters. The van der Waals surface area contributed by atoms with E-state index >= 15 is 0 Å². The van der Waals surface area contributed by atoms with Gasteiger partial charge in [0.15, 0.2) is 41.3 Å². The van der Waals surface area contributed by atoms with Crippen LogP contribution in [0.4, 0.5) is 11.8 Å². The summed E-state index contributed by atoms with van der Waals surface area (Å²) in [5.41, 5.74) is -0.991. The summed E-state index contributed by atoms with van der Waals surface area (Å²) in [5, 5.41) is 11.1. The van der Waals surface area contributed by atoms with Gasteiger partial charge in [-0.15, -0.1) is 0 Å². The van der Waals surface area contributed by atoms with E-state index in [1.807, 2.05) is 6.92 Å². The van der Waals surface area contributed by atoms with Crippen LogP contribution >= 0.6 is 52.6 Å². The Balaban J connectivity index is 0.612. The van der Waals surface area contributed by atoms with Crippen LogP contribution < -0.4 is 62.0 Å². The van der Waals surface area contributed by atoms with Crippen LogP contribution in [0.25, 0.3) is 22.3 Å². The van der Waals surface area contributed by atoms with E-state index in [1.54, 1.807) is 6.92 Å². The fraction of sp³-hybridized carbons (Fsp3) is 0.639. The van der Waals surface area contributed by atoms with Crippen molar-refractivity contribution in [2.75, 3.05) is 57.7 Å². The molecule has 9 aliphatic heterocycles. The highest BCUT2D eigenvalue weighted by atomic mass is 32.7. The zero-order valence-corrected chi connectivity index (χ0v) is 84.5. The van der Waals surface area contributed by atoms with E-state index in [1.165, 1.54) is 75.7 Å². The molecule has 9 fully saturated rings. The van der Waals surface area contributed by atoms with Crippen molar-refractivity contribution < 1.29 is 131 Å². The van der Waals surface area contributed by atoms with Crippen molar-refractivity contribution in [3.05, 3.63) is 160 Å². The Morgan fingerprint density at radius 2 is 0.827 bits per heavy atom. The van der Waals surface area contributed by atoms with Crippen LogP contribution in [0.1, 0.15) is 132 Å². The first kappa shape index (κ1) is 104. The van der Waals surface area contributed by atoms with E-state index in [0.29, 0.717) is 6.42 Å².